The maximum atomic E-state index is 11.4. The number of carbonyl (C=O) groups is 1. The number of anilines is 2. The second-order valence-corrected chi connectivity index (χ2v) is 6.56. The summed E-state index contributed by atoms with van der Waals surface area (Å²) < 4.78 is 5.17. The Balaban J connectivity index is 1.64. The van der Waals surface area contributed by atoms with E-state index in [0.717, 1.165) is 34.5 Å². The monoisotopic (exact) mass is 376 g/mol. The van der Waals surface area contributed by atoms with Crippen molar-refractivity contribution in [2.24, 2.45) is 11.7 Å². The van der Waals surface area contributed by atoms with Crippen LogP contribution in [-0.4, -0.2) is 23.0 Å². The summed E-state index contributed by atoms with van der Waals surface area (Å²) in [5, 5.41) is 3.18. The van der Waals surface area contributed by atoms with Crippen LogP contribution < -0.4 is 15.8 Å². The van der Waals surface area contributed by atoms with Gasteiger partial charge in [-0.25, -0.2) is 9.97 Å². The molecule has 2 aromatic carbocycles. The van der Waals surface area contributed by atoms with Crippen LogP contribution in [0, 0.1) is 5.92 Å². The molecule has 28 heavy (non-hydrogen) atoms. The molecule has 1 heterocycles. The third-order valence-corrected chi connectivity index (χ3v) is 4.66. The summed E-state index contributed by atoms with van der Waals surface area (Å²) in [5.74, 6) is 0.948. The summed E-state index contributed by atoms with van der Waals surface area (Å²) in [6, 6.07) is 15.6. The molecule has 1 aromatic heterocycles. The first-order valence-electron chi connectivity index (χ1n) is 9.20. The van der Waals surface area contributed by atoms with E-state index in [0.29, 0.717) is 12.4 Å². The number of amides is 1. The molecule has 0 spiro atoms. The van der Waals surface area contributed by atoms with Crippen molar-refractivity contribution < 1.29 is 9.53 Å². The molecule has 0 bridgehead atoms. The molecule has 0 aliphatic carbocycles. The number of aromatic nitrogens is 2. The SMILES string of the molecule is CCC(Cc1ccc(Nc2ncc(-c3ccc(OC)cc3)cn2)cc1)C(N)=O. The van der Waals surface area contributed by atoms with E-state index in [2.05, 4.69) is 15.3 Å². The van der Waals surface area contributed by atoms with Crippen molar-refractivity contribution in [3.8, 4) is 16.9 Å². The zero-order chi connectivity index (χ0) is 19.9. The van der Waals surface area contributed by atoms with Gasteiger partial charge in [-0.2, -0.15) is 0 Å². The number of methoxy groups -OCH3 is 1. The molecule has 1 amide bonds. The molecule has 0 saturated heterocycles. The third kappa shape index (κ3) is 4.85. The minimum absolute atomic E-state index is 0.132. The van der Waals surface area contributed by atoms with Gasteiger partial charge in [0, 0.05) is 29.6 Å². The number of primary amides is 1. The smallest absolute Gasteiger partial charge is 0.227 e. The highest BCUT2D eigenvalue weighted by atomic mass is 16.5. The number of carbonyl (C=O) groups excluding carboxylic acids is 1. The van der Waals surface area contributed by atoms with Gasteiger partial charge < -0.3 is 15.8 Å². The number of nitrogens with two attached hydrogens (primary N) is 1. The number of hydrogen-bond donors (Lipinski definition) is 2. The molecule has 144 valence electrons. The van der Waals surface area contributed by atoms with Gasteiger partial charge in [-0.1, -0.05) is 31.2 Å². The van der Waals surface area contributed by atoms with Crippen molar-refractivity contribution in [1.82, 2.24) is 9.97 Å². The molecule has 0 aliphatic rings. The quantitative estimate of drug-likeness (QED) is 0.621. The van der Waals surface area contributed by atoms with E-state index in [4.69, 9.17) is 10.5 Å². The predicted molar refractivity (Wildman–Crippen MR) is 110 cm³/mol. The van der Waals surface area contributed by atoms with E-state index < -0.39 is 0 Å². The van der Waals surface area contributed by atoms with Crippen LogP contribution in [0.15, 0.2) is 60.9 Å². The van der Waals surface area contributed by atoms with Crippen molar-refractivity contribution >= 4 is 17.5 Å². The van der Waals surface area contributed by atoms with Crippen molar-refractivity contribution in [1.29, 1.82) is 0 Å². The molecule has 0 fully saturated rings. The average molecular weight is 376 g/mol. The highest BCUT2D eigenvalue weighted by Crippen LogP contribution is 2.22. The maximum Gasteiger partial charge on any atom is 0.227 e. The van der Waals surface area contributed by atoms with Crippen LogP contribution >= 0.6 is 0 Å². The van der Waals surface area contributed by atoms with Crippen LogP contribution in [0.5, 0.6) is 5.75 Å². The van der Waals surface area contributed by atoms with Crippen molar-refractivity contribution in [2.45, 2.75) is 19.8 Å². The lowest BCUT2D eigenvalue weighted by Gasteiger charge is -2.11. The lowest BCUT2D eigenvalue weighted by molar-refractivity contribution is -0.121. The predicted octanol–water partition coefficient (Wildman–Crippen LogP) is 3.95. The molecule has 0 aliphatic heterocycles. The second-order valence-electron chi connectivity index (χ2n) is 6.56. The lowest BCUT2D eigenvalue weighted by atomic mass is 9.96. The number of nitrogens with one attached hydrogen (secondary N) is 1. The van der Waals surface area contributed by atoms with Crippen molar-refractivity contribution in [2.75, 3.05) is 12.4 Å². The molecule has 3 rings (SSSR count). The fraction of sp³-hybridized carbons (Fsp3) is 0.227. The Kier molecular flexibility index (Phi) is 6.22. The minimum atomic E-state index is -0.255. The molecule has 3 N–H and O–H groups in total. The Morgan fingerprint density at radius 1 is 1.04 bits per heavy atom. The Morgan fingerprint density at radius 3 is 2.21 bits per heavy atom. The van der Waals surface area contributed by atoms with Gasteiger partial charge in [-0.15, -0.1) is 0 Å². The Bertz CT molecular complexity index is 907. The van der Waals surface area contributed by atoms with Gasteiger partial charge in [0.15, 0.2) is 0 Å². The van der Waals surface area contributed by atoms with Crippen LogP contribution in [-0.2, 0) is 11.2 Å². The summed E-state index contributed by atoms with van der Waals surface area (Å²) >= 11 is 0. The standard InChI is InChI=1S/C22H24N4O2/c1-3-16(21(23)27)12-15-4-8-19(9-5-15)26-22-24-13-18(14-25-22)17-6-10-20(28-2)11-7-17/h4-11,13-14,16H,3,12H2,1-2H3,(H2,23,27)(H,24,25,26). The minimum Gasteiger partial charge on any atom is -0.497 e. The molecule has 0 radical (unpaired) electrons. The zero-order valence-corrected chi connectivity index (χ0v) is 16.1. The molecular formula is C22H24N4O2. The normalized spacial score (nSPS) is 11.6. The highest BCUT2D eigenvalue weighted by molar-refractivity contribution is 5.77. The van der Waals surface area contributed by atoms with Gasteiger partial charge in [0.2, 0.25) is 11.9 Å². The van der Waals surface area contributed by atoms with Crippen molar-refractivity contribution in [3.05, 3.63) is 66.5 Å². The maximum absolute atomic E-state index is 11.4. The molecule has 0 saturated carbocycles. The van der Waals surface area contributed by atoms with E-state index in [1.807, 2.05) is 55.5 Å². The summed E-state index contributed by atoms with van der Waals surface area (Å²) in [4.78, 5) is 20.2. The lowest BCUT2D eigenvalue weighted by Crippen LogP contribution is -2.24. The van der Waals surface area contributed by atoms with Gasteiger partial charge in [0.1, 0.15) is 5.75 Å². The number of nitrogens with zero attached hydrogens (tertiary/aromatic N) is 2. The number of rotatable bonds is 8. The highest BCUT2D eigenvalue weighted by Gasteiger charge is 2.13. The molecule has 6 heteroatoms. The summed E-state index contributed by atoms with van der Waals surface area (Å²) in [7, 11) is 1.64. The second kappa shape index (κ2) is 8.99. The summed E-state index contributed by atoms with van der Waals surface area (Å²) in [5.41, 5.74) is 9.34. The van der Waals surface area contributed by atoms with E-state index in [-0.39, 0.29) is 11.8 Å². The Morgan fingerprint density at radius 2 is 1.68 bits per heavy atom. The molecule has 3 aromatic rings. The van der Waals surface area contributed by atoms with E-state index in [1.54, 1.807) is 19.5 Å². The molecular weight excluding hydrogens is 352 g/mol. The van der Waals surface area contributed by atoms with Gasteiger partial charge in [0.25, 0.3) is 0 Å². The zero-order valence-electron chi connectivity index (χ0n) is 16.1. The number of hydrogen-bond acceptors (Lipinski definition) is 5. The Hall–Kier alpha value is -3.41. The van der Waals surface area contributed by atoms with Crippen LogP contribution in [0.2, 0.25) is 0 Å². The topological polar surface area (TPSA) is 90.1 Å². The molecule has 1 unspecified atom stereocenters. The van der Waals surface area contributed by atoms with Crippen LogP contribution in [0.3, 0.4) is 0 Å². The molecule has 1 atom stereocenters. The fourth-order valence-electron chi connectivity index (χ4n) is 2.91. The summed E-state index contributed by atoms with van der Waals surface area (Å²) in [6.45, 7) is 1.97. The van der Waals surface area contributed by atoms with Crippen LogP contribution in [0.25, 0.3) is 11.1 Å². The van der Waals surface area contributed by atoms with E-state index in [1.165, 1.54) is 0 Å². The van der Waals surface area contributed by atoms with Gasteiger partial charge in [0.05, 0.1) is 7.11 Å². The fourth-order valence-corrected chi connectivity index (χ4v) is 2.91. The van der Waals surface area contributed by atoms with Gasteiger partial charge in [-0.3, -0.25) is 4.79 Å². The first kappa shape index (κ1) is 19.4. The van der Waals surface area contributed by atoms with Gasteiger partial charge >= 0.3 is 0 Å². The van der Waals surface area contributed by atoms with Crippen LogP contribution in [0.1, 0.15) is 18.9 Å². The average Bonchev–Trinajstić information content (AvgIpc) is 2.73. The first-order chi connectivity index (χ1) is 13.6. The summed E-state index contributed by atoms with van der Waals surface area (Å²) in [6.07, 6.45) is 4.96. The van der Waals surface area contributed by atoms with E-state index >= 15 is 0 Å². The van der Waals surface area contributed by atoms with E-state index in [9.17, 15) is 4.79 Å². The first-order valence-corrected chi connectivity index (χ1v) is 9.20. The van der Waals surface area contributed by atoms with Crippen molar-refractivity contribution in [3.63, 3.8) is 0 Å². The molecule has 6 nitrogen and oxygen atoms in total. The Labute approximate surface area is 164 Å². The number of ether oxygens (including phenoxy) is 1. The number of benzene rings is 2. The largest absolute Gasteiger partial charge is 0.497 e. The van der Waals surface area contributed by atoms with Crippen LogP contribution in [0.4, 0.5) is 11.6 Å². The van der Waals surface area contributed by atoms with Gasteiger partial charge in [-0.05, 0) is 48.2 Å². The third-order valence-electron chi connectivity index (χ3n) is 4.66.